The summed E-state index contributed by atoms with van der Waals surface area (Å²) in [5, 5.41) is 23.2. The first-order chi connectivity index (χ1) is 40.9. The van der Waals surface area contributed by atoms with Crippen molar-refractivity contribution in [3.05, 3.63) is 261 Å². The molecule has 12 nitrogen and oxygen atoms in total. The molecule has 0 amide bonds. The van der Waals surface area contributed by atoms with Crippen molar-refractivity contribution in [1.29, 1.82) is 0 Å². The number of hydrogen-bond acceptors (Lipinski definition) is 10. The Morgan fingerprint density at radius 1 is 0.253 bits per heavy atom. The van der Waals surface area contributed by atoms with E-state index in [4.69, 9.17) is 0 Å². The van der Waals surface area contributed by atoms with Gasteiger partial charge in [0.1, 0.15) is 0 Å². The van der Waals surface area contributed by atoms with Crippen molar-refractivity contribution < 1.29 is 125 Å². The molecule has 10 heterocycles. The number of allylic oxidation sites excluding steroid dienone is 2. The zero-order chi connectivity index (χ0) is 65.8. The molecule has 1 aliphatic carbocycles. The molecule has 0 aliphatic heterocycles. The third-order valence-electron chi connectivity index (χ3n) is 9.75. The van der Waals surface area contributed by atoms with Crippen molar-refractivity contribution >= 4 is 29.0 Å². The molecular weight excluding hydrogens is 1480 g/mol. The zero-order valence-electron chi connectivity index (χ0n) is 45.2. The van der Waals surface area contributed by atoms with E-state index in [1.165, 1.54) is 12.2 Å². The molecule has 10 aromatic heterocycles. The number of nitrogens with zero attached hydrogens (tertiary/aromatic N) is 10. The summed E-state index contributed by atoms with van der Waals surface area (Å²) < 4.78 is 178. The fourth-order valence-corrected chi connectivity index (χ4v) is 6.48. The molecule has 11 rings (SSSR count). The van der Waals surface area contributed by atoms with Crippen LogP contribution in [0.25, 0.3) is 73.9 Å². The van der Waals surface area contributed by atoms with Crippen molar-refractivity contribution in [2.24, 2.45) is 0 Å². The standard InChI is InChI=1S/C21H13N3O2.C15H11N3.2C10H8N2.3F6P.2Ru/c25-20-8-7-14(13-21(20)26)15-11-18(16-5-1-3-9-22-16)24-19(12-15)17-6-2-4-10-23-17;1-3-10-16-12(6-1)14-8-5-9-15(18-14)13-7-2-4-11-17-13;2*1-3-7-11-9(5-1)10-6-2-4-8-12-10;3*1-7(2,3,4,5)6;;/h1-13H;1-11H;2*1-8H;;;;;/q;;;;3*-1;+1;+2. The molecule has 0 unspecified atom stereocenters. The van der Waals surface area contributed by atoms with Gasteiger partial charge in [-0.3, -0.25) is 39.9 Å². The molecule has 0 aromatic carbocycles. The molecule has 5 radical (unpaired) electrons. The molecule has 10 aromatic rings. The molecule has 0 bridgehead atoms. The molecule has 35 heteroatoms. The largest absolute Gasteiger partial charge is 2.00 e. The van der Waals surface area contributed by atoms with Gasteiger partial charge in [-0.1, -0.05) is 60.7 Å². The van der Waals surface area contributed by atoms with Gasteiger partial charge in [0, 0.05) is 49.6 Å². The fourth-order valence-electron chi connectivity index (χ4n) is 6.48. The van der Waals surface area contributed by atoms with Crippen molar-refractivity contribution in [2.45, 2.75) is 0 Å². The average molecular weight is 1520 g/mol. The SMILES string of the molecule is F[P-](F)(F)(F)(F)F.F[P-](F)(F)(F)(F)F.F[P-](F)(F)(F)(F)F.[O][C]1C=CC(c2cc(-c3ccccn3)nc(-c3ccccn3)c2)=C[C]1[O].[Ru+2].[Ru+].c1ccc(-c2cccc(-c3ccccn3)n2)nc1.c1ccc(-c2ccccn2)nc1.c1ccc(-c2ccccn2)nc1. The predicted molar refractivity (Wildman–Crippen MR) is 302 cm³/mol. The van der Waals surface area contributed by atoms with E-state index < -0.39 is 35.6 Å². The van der Waals surface area contributed by atoms with Gasteiger partial charge < -0.3 is 0 Å². The number of pyridine rings is 10. The molecule has 0 N–H and O–H groups in total. The van der Waals surface area contributed by atoms with Crippen LogP contribution in [0, 0.1) is 12.2 Å². The molecule has 0 fully saturated rings. The first kappa shape index (κ1) is 77.4. The van der Waals surface area contributed by atoms with Gasteiger partial charge in [0.05, 0.1) is 68.3 Å². The van der Waals surface area contributed by atoms with Crippen molar-refractivity contribution in [3.63, 3.8) is 0 Å². The monoisotopic (exact) mass is 1520 g/mol. The summed E-state index contributed by atoms with van der Waals surface area (Å²) in [7, 11) is -32.0. The Balaban J connectivity index is 0.000000294. The molecule has 91 heavy (non-hydrogen) atoms. The predicted octanol–water partition coefficient (Wildman–Crippen LogP) is 21.7. The number of rotatable bonds is 7. The minimum Gasteiger partial charge on any atom is -0.255 e. The maximum absolute atomic E-state index is 11.8. The average Bonchev–Trinajstić information content (AvgIpc) is 1.51. The molecule has 0 saturated carbocycles. The Kier molecular flexibility index (Phi) is 25.2. The Morgan fingerprint density at radius 3 is 0.659 bits per heavy atom. The molecule has 0 spiro atoms. The van der Waals surface area contributed by atoms with Crippen molar-refractivity contribution in [1.82, 2.24) is 49.8 Å². The number of hydrogen-bond donors (Lipinski definition) is 0. The zero-order valence-corrected chi connectivity index (χ0v) is 51.4. The Morgan fingerprint density at radius 2 is 0.451 bits per heavy atom. The van der Waals surface area contributed by atoms with Crippen LogP contribution in [0.1, 0.15) is 5.56 Å². The van der Waals surface area contributed by atoms with E-state index in [0.29, 0.717) is 28.3 Å². The second-order valence-corrected chi connectivity index (χ2v) is 23.0. The molecule has 483 valence electrons. The van der Waals surface area contributed by atoms with Crippen LogP contribution >= 0.6 is 23.4 Å². The van der Waals surface area contributed by atoms with Crippen LogP contribution in [0.2, 0.25) is 0 Å². The van der Waals surface area contributed by atoms with Crippen LogP contribution in [0.4, 0.5) is 75.5 Å². The number of halogens is 18. The maximum atomic E-state index is 11.8. The van der Waals surface area contributed by atoms with Crippen LogP contribution < -0.4 is 0 Å². The summed E-state index contributed by atoms with van der Waals surface area (Å²) in [6.07, 6.45) is 17.2. The fraction of sp³-hybridized carbons (Fsp3) is 0. The van der Waals surface area contributed by atoms with E-state index >= 15 is 0 Å². The second kappa shape index (κ2) is 29.6. The minimum atomic E-state index is -10.7. The summed E-state index contributed by atoms with van der Waals surface area (Å²) in [6.45, 7) is 0. The minimum absolute atomic E-state index is 0. The van der Waals surface area contributed by atoms with E-state index in [2.05, 4.69) is 49.8 Å². The van der Waals surface area contributed by atoms with E-state index in [1.807, 2.05) is 176 Å². The summed E-state index contributed by atoms with van der Waals surface area (Å²) in [4.78, 5) is 43.3. The van der Waals surface area contributed by atoms with Crippen LogP contribution in [-0.2, 0) is 49.2 Å². The molecule has 0 atom stereocenters. The van der Waals surface area contributed by atoms with Gasteiger partial charge in [-0.05, 0) is 145 Å². The van der Waals surface area contributed by atoms with Gasteiger partial charge in [-0.25, -0.2) is 20.2 Å². The van der Waals surface area contributed by atoms with Crippen LogP contribution in [0.3, 0.4) is 0 Å². The third-order valence-corrected chi connectivity index (χ3v) is 9.75. The van der Waals surface area contributed by atoms with Crippen molar-refractivity contribution in [2.75, 3.05) is 0 Å². The molecular formula is C56H40F18N10O2P3Ru2. The normalized spacial score (nSPS) is 14.2. The topological polar surface area (TPSA) is 169 Å². The van der Waals surface area contributed by atoms with Gasteiger partial charge in [-0.2, -0.15) is 0 Å². The molecule has 0 saturated heterocycles. The smallest absolute Gasteiger partial charge is 0.255 e. The van der Waals surface area contributed by atoms with Crippen LogP contribution in [0.5, 0.6) is 0 Å². The second-order valence-electron chi connectivity index (χ2n) is 17.3. The first-order valence-corrected chi connectivity index (χ1v) is 30.5. The molecule has 1 aliphatic rings. The summed E-state index contributed by atoms with van der Waals surface area (Å²) >= 11 is 0. The summed E-state index contributed by atoms with van der Waals surface area (Å²) in [5.74, 6) is 0. The quantitative estimate of drug-likeness (QED) is 0.0850. The Hall–Kier alpha value is -7.82. The van der Waals surface area contributed by atoms with Gasteiger partial charge in [0.25, 0.3) is 0 Å². The van der Waals surface area contributed by atoms with E-state index in [1.54, 1.807) is 55.7 Å². The maximum Gasteiger partial charge on any atom is 2.00 e. The van der Waals surface area contributed by atoms with Crippen LogP contribution in [0.15, 0.2) is 244 Å². The third kappa shape index (κ3) is 37.2. The van der Waals surface area contributed by atoms with Gasteiger partial charge in [0.15, 0.2) is 6.10 Å². The summed E-state index contributed by atoms with van der Waals surface area (Å²) in [5.41, 5.74) is 11.3. The van der Waals surface area contributed by atoms with Crippen molar-refractivity contribution in [3.8, 4) is 68.3 Å². The summed E-state index contributed by atoms with van der Waals surface area (Å²) in [6, 6.07) is 55.6. The van der Waals surface area contributed by atoms with Gasteiger partial charge in [0.2, 0.25) is 6.10 Å². The first-order valence-electron chi connectivity index (χ1n) is 24.4. The van der Waals surface area contributed by atoms with Gasteiger partial charge in [-0.15, -0.1) is 0 Å². The Bertz CT molecular complexity index is 3550. The number of aromatic nitrogens is 10. The van der Waals surface area contributed by atoms with E-state index in [0.717, 1.165) is 51.1 Å². The van der Waals surface area contributed by atoms with E-state index in [-0.39, 0.29) is 39.0 Å². The van der Waals surface area contributed by atoms with E-state index in [9.17, 15) is 85.8 Å². The van der Waals surface area contributed by atoms with Gasteiger partial charge >= 0.3 is 138 Å². The Labute approximate surface area is 530 Å². The van der Waals surface area contributed by atoms with Crippen LogP contribution in [-0.4, -0.2) is 49.8 Å².